The van der Waals surface area contributed by atoms with Crippen molar-refractivity contribution in [2.45, 2.75) is 32.6 Å². The van der Waals surface area contributed by atoms with Crippen LogP contribution in [0.25, 0.3) is 0 Å². The minimum Gasteiger partial charge on any atom is -0.492 e. The second-order valence-electron chi connectivity index (χ2n) is 5.14. The molecule has 0 bridgehead atoms. The van der Waals surface area contributed by atoms with Gasteiger partial charge in [0.25, 0.3) is 5.91 Å². The van der Waals surface area contributed by atoms with Gasteiger partial charge in [0.15, 0.2) is 0 Å². The number of thiophene rings is 1. The highest BCUT2D eigenvalue weighted by Crippen LogP contribution is 2.31. The smallest absolute Gasteiger partial charge is 0.256 e. The van der Waals surface area contributed by atoms with E-state index in [0.29, 0.717) is 6.61 Å². The normalized spacial score (nSPS) is 13.6. The molecule has 1 aliphatic rings. The number of ether oxygens (including phenoxy) is 1. The Morgan fingerprint density at radius 3 is 2.95 bits per heavy atom. The van der Waals surface area contributed by atoms with Gasteiger partial charge in [0.1, 0.15) is 5.75 Å². The highest BCUT2D eigenvalue weighted by atomic mass is 32.1. The molecule has 0 saturated heterocycles. The van der Waals surface area contributed by atoms with Crippen molar-refractivity contribution in [3.63, 3.8) is 0 Å². The van der Waals surface area contributed by atoms with Crippen LogP contribution in [0.2, 0.25) is 0 Å². The second kappa shape index (κ2) is 6.31. The van der Waals surface area contributed by atoms with Crippen LogP contribution in [0.3, 0.4) is 0 Å². The highest BCUT2D eigenvalue weighted by Gasteiger charge is 2.20. The number of amides is 1. The Morgan fingerprint density at radius 1 is 1.29 bits per heavy atom. The van der Waals surface area contributed by atoms with Crippen molar-refractivity contribution in [2.24, 2.45) is 0 Å². The maximum atomic E-state index is 12.5. The zero-order valence-electron chi connectivity index (χ0n) is 12.1. The summed E-state index contributed by atoms with van der Waals surface area (Å²) in [5.41, 5.74) is 2.82. The van der Waals surface area contributed by atoms with Crippen LogP contribution in [0.5, 0.6) is 5.75 Å². The largest absolute Gasteiger partial charge is 0.492 e. The number of nitrogens with one attached hydrogen (secondary N) is 1. The first-order chi connectivity index (χ1) is 10.3. The van der Waals surface area contributed by atoms with E-state index in [1.54, 1.807) is 11.3 Å². The van der Waals surface area contributed by atoms with Crippen LogP contribution in [0.4, 0.5) is 5.69 Å². The standard InChI is InChI=1S/C17H19NO2S/c1-2-20-15-9-5-4-8-14(15)18-17(19)13-11-21-16-10-6-3-7-12(13)16/h4-5,8-9,11H,2-3,6-7,10H2,1H3,(H,18,19). The number of hydrogen-bond donors (Lipinski definition) is 1. The molecule has 2 aromatic rings. The Morgan fingerprint density at radius 2 is 2.10 bits per heavy atom. The molecule has 0 aliphatic heterocycles. The van der Waals surface area contributed by atoms with E-state index in [1.807, 2.05) is 36.6 Å². The van der Waals surface area contributed by atoms with E-state index in [2.05, 4.69) is 5.32 Å². The molecule has 0 radical (unpaired) electrons. The molecule has 110 valence electrons. The van der Waals surface area contributed by atoms with Crippen LogP contribution in [0, 0.1) is 0 Å². The third-order valence-electron chi connectivity index (χ3n) is 3.74. The summed E-state index contributed by atoms with van der Waals surface area (Å²) in [6.45, 7) is 2.52. The quantitative estimate of drug-likeness (QED) is 0.915. The summed E-state index contributed by atoms with van der Waals surface area (Å²) in [7, 11) is 0. The van der Waals surface area contributed by atoms with Gasteiger partial charge in [0, 0.05) is 10.3 Å². The van der Waals surface area contributed by atoms with E-state index in [0.717, 1.165) is 29.8 Å². The first-order valence-corrected chi connectivity index (χ1v) is 8.30. The lowest BCUT2D eigenvalue weighted by atomic mass is 9.95. The van der Waals surface area contributed by atoms with Crippen molar-refractivity contribution in [3.05, 3.63) is 45.6 Å². The van der Waals surface area contributed by atoms with E-state index in [4.69, 9.17) is 4.74 Å². The van der Waals surface area contributed by atoms with Crippen LogP contribution < -0.4 is 10.1 Å². The van der Waals surface area contributed by atoms with Crippen molar-refractivity contribution >= 4 is 22.9 Å². The summed E-state index contributed by atoms with van der Waals surface area (Å²) in [6.07, 6.45) is 4.55. The number of hydrogen-bond acceptors (Lipinski definition) is 3. The Bertz CT molecular complexity index is 648. The molecule has 0 unspecified atom stereocenters. The highest BCUT2D eigenvalue weighted by molar-refractivity contribution is 7.10. The predicted molar refractivity (Wildman–Crippen MR) is 86.5 cm³/mol. The third kappa shape index (κ3) is 2.95. The van der Waals surface area contributed by atoms with Gasteiger partial charge in [-0.05, 0) is 50.3 Å². The summed E-state index contributed by atoms with van der Waals surface area (Å²) in [6, 6.07) is 7.57. The lowest BCUT2D eigenvalue weighted by molar-refractivity contribution is 0.102. The van der Waals surface area contributed by atoms with E-state index in [1.165, 1.54) is 23.3 Å². The first kappa shape index (κ1) is 14.1. The molecule has 0 saturated carbocycles. The summed E-state index contributed by atoms with van der Waals surface area (Å²) < 4.78 is 5.56. The zero-order valence-corrected chi connectivity index (χ0v) is 13.0. The molecule has 1 aromatic heterocycles. The maximum Gasteiger partial charge on any atom is 0.256 e. The van der Waals surface area contributed by atoms with Crippen LogP contribution in [-0.4, -0.2) is 12.5 Å². The fourth-order valence-corrected chi connectivity index (χ4v) is 3.85. The minimum absolute atomic E-state index is 0.0263. The molecule has 1 aromatic carbocycles. The number of fused-ring (bicyclic) bond motifs is 1. The second-order valence-corrected chi connectivity index (χ2v) is 6.11. The van der Waals surface area contributed by atoms with Gasteiger partial charge >= 0.3 is 0 Å². The molecule has 1 heterocycles. The molecule has 0 fully saturated rings. The Kier molecular flexibility index (Phi) is 4.25. The molecule has 4 heteroatoms. The van der Waals surface area contributed by atoms with Crippen LogP contribution in [0.1, 0.15) is 40.6 Å². The third-order valence-corrected chi connectivity index (χ3v) is 4.83. The van der Waals surface area contributed by atoms with Gasteiger partial charge in [0.2, 0.25) is 0 Å². The minimum atomic E-state index is -0.0263. The fourth-order valence-electron chi connectivity index (χ4n) is 2.73. The molecule has 21 heavy (non-hydrogen) atoms. The van der Waals surface area contributed by atoms with E-state index >= 15 is 0 Å². The number of carbonyl (C=O) groups is 1. The molecule has 1 amide bonds. The van der Waals surface area contributed by atoms with Gasteiger partial charge < -0.3 is 10.1 Å². The first-order valence-electron chi connectivity index (χ1n) is 7.42. The molecule has 3 rings (SSSR count). The summed E-state index contributed by atoms with van der Waals surface area (Å²) in [4.78, 5) is 13.9. The van der Waals surface area contributed by atoms with Crippen molar-refractivity contribution < 1.29 is 9.53 Å². The van der Waals surface area contributed by atoms with Gasteiger partial charge in [-0.25, -0.2) is 0 Å². The van der Waals surface area contributed by atoms with Crippen molar-refractivity contribution in [1.29, 1.82) is 0 Å². The fraction of sp³-hybridized carbons (Fsp3) is 0.353. The average Bonchev–Trinajstić information content (AvgIpc) is 2.93. The van der Waals surface area contributed by atoms with Crippen LogP contribution >= 0.6 is 11.3 Å². The van der Waals surface area contributed by atoms with Crippen LogP contribution in [0.15, 0.2) is 29.6 Å². The Balaban J connectivity index is 1.82. The summed E-state index contributed by atoms with van der Waals surface area (Å²) in [5.74, 6) is 0.694. The molecule has 0 atom stereocenters. The number of aryl methyl sites for hydroxylation is 1. The monoisotopic (exact) mass is 301 g/mol. The number of rotatable bonds is 4. The van der Waals surface area contributed by atoms with Gasteiger partial charge in [-0.2, -0.15) is 0 Å². The van der Waals surface area contributed by atoms with E-state index < -0.39 is 0 Å². The maximum absolute atomic E-state index is 12.5. The van der Waals surface area contributed by atoms with E-state index in [-0.39, 0.29) is 5.91 Å². The Hall–Kier alpha value is -1.81. The van der Waals surface area contributed by atoms with Gasteiger partial charge in [-0.15, -0.1) is 11.3 Å². The lowest BCUT2D eigenvalue weighted by Crippen LogP contribution is -2.15. The van der Waals surface area contributed by atoms with Gasteiger partial charge in [-0.1, -0.05) is 12.1 Å². The number of anilines is 1. The molecule has 3 nitrogen and oxygen atoms in total. The van der Waals surface area contributed by atoms with E-state index in [9.17, 15) is 4.79 Å². The zero-order chi connectivity index (χ0) is 14.7. The molecule has 1 N–H and O–H groups in total. The van der Waals surface area contributed by atoms with Crippen molar-refractivity contribution in [3.8, 4) is 5.75 Å². The van der Waals surface area contributed by atoms with Crippen molar-refractivity contribution in [2.75, 3.05) is 11.9 Å². The average molecular weight is 301 g/mol. The van der Waals surface area contributed by atoms with Gasteiger partial charge in [-0.3, -0.25) is 4.79 Å². The summed E-state index contributed by atoms with van der Waals surface area (Å²) >= 11 is 1.71. The lowest BCUT2D eigenvalue weighted by Gasteiger charge is -2.14. The molecular weight excluding hydrogens is 282 g/mol. The topological polar surface area (TPSA) is 38.3 Å². The van der Waals surface area contributed by atoms with Gasteiger partial charge in [0.05, 0.1) is 17.9 Å². The molecular formula is C17H19NO2S. The number of para-hydroxylation sites is 2. The summed E-state index contributed by atoms with van der Waals surface area (Å²) in [5, 5.41) is 4.99. The molecule has 1 aliphatic carbocycles. The van der Waals surface area contributed by atoms with Crippen molar-refractivity contribution in [1.82, 2.24) is 0 Å². The van der Waals surface area contributed by atoms with Crippen LogP contribution in [-0.2, 0) is 12.8 Å². The number of carbonyl (C=O) groups excluding carboxylic acids is 1. The predicted octanol–water partition coefficient (Wildman–Crippen LogP) is 4.28. The number of benzene rings is 1. The molecule has 0 spiro atoms. The Labute approximate surface area is 129 Å². The SMILES string of the molecule is CCOc1ccccc1NC(=O)c1csc2c1CCCC2.